The second kappa shape index (κ2) is 4.59. The van der Waals surface area contributed by atoms with Crippen LogP contribution in [0.2, 0.25) is 0 Å². The van der Waals surface area contributed by atoms with Gasteiger partial charge in [0.05, 0.1) is 18.1 Å². The van der Waals surface area contributed by atoms with Crippen LogP contribution >= 0.6 is 0 Å². The van der Waals surface area contributed by atoms with Crippen molar-refractivity contribution < 1.29 is 4.79 Å². The summed E-state index contributed by atoms with van der Waals surface area (Å²) in [4.78, 5) is 16.0. The number of nitrogens with zero attached hydrogens (tertiary/aromatic N) is 6. The Morgan fingerprint density at radius 3 is 3.19 bits per heavy atom. The summed E-state index contributed by atoms with van der Waals surface area (Å²) < 4.78 is 0. The Morgan fingerprint density at radius 1 is 1.62 bits per heavy atom. The second-order valence-corrected chi connectivity index (χ2v) is 3.59. The van der Waals surface area contributed by atoms with Crippen molar-refractivity contribution in [2.24, 2.45) is 11.0 Å². The van der Waals surface area contributed by atoms with Gasteiger partial charge in [0.1, 0.15) is 0 Å². The molecule has 7 nitrogen and oxygen atoms in total. The van der Waals surface area contributed by atoms with Gasteiger partial charge < -0.3 is 4.90 Å². The Labute approximate surface area is 91.7 Å². The topological polar surface area (TPSA) is 94.9 Å². The van der Waals surface area contributed by atoms with Crippen molar-refractivity contribution in [3.05, 3.63) is 28.9 Å². The third-order valence-electron chi connectivity index (χ3n) is 2.49. The van der Waals surface area contributed by atoms with Gasteiger partial charge in [0.15, 0.2) is 0 Å². The Kier molecular flexibility index (Phi) is 2.98. The van der Waals surface area contributed by atoms with Gasteiger partial charge in [-0.15, -0.1) is 0 Å². The highest BCUT2D eigenvalue weighted by atomic mass is 16.2. The molecule has 1 aliphatic rings. The summed E-state index contributed by atoms with van der Waals surface area (Å²) in [6.45, 7) is 0.931. The van der Waals surface area contributed by atoms with E-state index in [9.17, 15) is 4.79 Å². The fraction of sp³-hybridized carbons (Fsp3) is 0.444. The normalized spacial score (nSPS) is 19.6. The molecule has 0 aliphatic carbocycles. The van der Waals surface area contributed by atoms with E-state index in [0.717, 1.165) is 5.69 Å². The highest BCUT2D eigenvalue weighted by Gasteiger charge is 2.30. The summed E-state index contributed by atoms with van der Waals surface area (Å²) in [7, 11) is 0. The number of hydrogen-bond donors (Lipinski definition) is 0. The van der Waals surface area contributed by atoms with Crippen molar-refractivity contribution in [2.45, 2.75) is 6.42 Å². The van der Waals surface area contributed by atoms with E-state index >= 15 is 0 Å². The van der Waals surface area contributed by atoms with Crippen LogP contribution in [-0.2, 0) is 4.79 Å². The third kappa shape index (κ3) is 2.09. The number of amides is 1. The van der Waals surface area contributed by atoms with E-state index in [0.29, 0.717) is 19.5 Å². The van der Waals surface area contributed by atoms with Gasteiger partial charge in [-0.3, -0.25) is 4.79 Å². The number of anilines is 1. The average molecular weight is 218 g/mol. The number of carbonyl (C=O) groups is 1. The molecule has 7 heteroatoms. The summed E-state index contributed by atoms with van der Waals surface area (Å²) >= 11 is 0. The third-order valence-corrected chi connectivity index (χ3v) is 2.49. The van der Waals surface area contributed by atoms with Crippen LogP contribution in [0.1, 0.15) is 6.42 Å². The number of aromatic nitrogens is 2. The molecule has 1 amide bonds. The fourth-order valence-corrected chi connectivity index (χ4v) is 1.75. The highest BCUT2D eigenvalue weighted by Crippen LogP contribution is 2.23. The van der Waals surface area contributed by atoms with E-state index in [4.69, 9.17) is 5.53 Å². The molecule has 1 saturated heterocycles. The van der Waals surface area contributed by atoms with Gasteiger partial charge in [-0.05, 0) is 17.5 Å². The summed E-state index contributed by atoms with van der Waals surface area (Å²) in [6, 6.07) is 1.74. The van der Waals surface area contributed by atoms with E-state index in [1.807, 2.05) is 0 Å². The molecule has 82 valence electrons. The summed E-state index contributed by atoms with van der Waals surface area (Å²) in [5, 5.41) is 10.9. The van der Waals surface area contributed by atoms with E-state index in [1.165, 1.54) is 0 Å². The minimum Gasteiger partial charge on any atom is -0.310 e. The Hall–Kier alpha value is -2.14. The predicted molar refractivity (Wildman–Crippen MR) is 56.5 cm³/mol. The second-order valence-electron chi connectivity index (χ2n) is 3.59. The van der Waals surface area contributed by atoms with Gasteiger partial charge in [0, 0.05) is 24.4 Å². The average Bonchev–Trinajstić information content (AvgIpc) is 2.69. The molecule has 1 aromatic rings. The van der Waals surface area contributed by atoms with Crippen LogP contribution in [0, 0.1) is 5.92 Å². The molecule has 0 radical (unpaired) electrons. The molecule has 0 aromatic carbocycles. The van der Waals surface area contributed by atoms with Crippen LogP contribution in [0.25, 0.3) is 10.4 Å². The van der Waals surface area contributed by atoms with Crippen molar-refractivity contribution in [1.29, 1.82) is 0 Å². The number of azide groups is 1. The maximum Gasteiger partial charge on any atom is 0.227 e. The summed E-state index contributed by atoms with van der Waals surface area (Å²) in [5.41, 5.74) is 8.96. The standard InChI is InChI=1S/C9H10N6O/c10-14-13-4-7-3-9(16)15(6-7)8-1-2-11-12-5-8/h1-2,5,7H,3-4,6H2. The first-order valence-electron chi connectivity index (χ1n) is 4.89. The van der Waals surface area contributed by atoms with Crippen molar-refractivity contribution in [3.63, 3.8) is 0 Å². The zero-order valence-electron chi connectivity index (χ0n) is 8.52. The number of rotatable bonds is 3. The zero-order chi connectivity index (χ0) is 11.4. The van der Waals surface area contributed by atoms with E-state index in [-0.39, 0.29) is 11.8 Å². The van der Waals surface area contributed by atoms with Crippen LogP contribution < -0.4 is 4.90 Å². The number of hydrogen-bond acceptors (Lipinski definition) is 4. The van der Waals surface area contributed by atoms with Gasteiger partial charge in [-0.25, -0.2) is 0 Å². The maximum absolute atomic E-state index is 11.7. The van der Waals surface area contributed by atoms with E-state index < -0.39 is 0 Å². The van der Waals surface area contributed by atoms with Gasteiger partial charge in [-0.1, -0.05) is 5.11 Å². The first-order chi connectivity index (χ1) is 7.81. The fourth-order valence-electron chi connectivity index (χ4n) is 1.75. The SMILES string of the molecule is [N-]=[N+]=NCC1CC(=O)N(c2ccnnc2)C1. The first-order valence-corrected chi connectivity index (χ1v) is 4.89. The smallest absolute Gasteiger partial charge is 0.227 e. The molecular formula is C9H10N6O. The van der Waals surface area contributed by atoms with Crippen LogP contribution in [0.15, 0.2) is 23.6 Å². The maximum atomic E-state index is 11.7. The molecule has 0 N–H and O–H groups in total. The molecule has 2 heterocycles. The van der Waals surface area contributed by atoms with E-state index in [1.54, 1.807) is 23.4 Å². The number of carbonyl (C=O) groups excluding carboxylic acids is 1. The molecule has 1 unspecified atom stereocenters. The van der Waals surface area contributed by atoms with Gasteiger partial charge in [0.2, 0.25) is 5.91 Å². The Balaban J connectivity index is 2.08. The first kappa shape index (κ1) is 10.4. The predicted octanol–water partition coefficient (Wildman–Crippen LogP) is 1.14. The van der Waals surface area contributed by atoms with Crippen LogP contribution in [0.4, 0.5) is 5.69 Å². The largest absolute Gasteiger partial charge is 0.310 e. The highest BCUT2D eigenvalue weighted by molar-refractivity contribution is 5.95. The lowest BCUT2D eigenvalue weighted by molar-refractivity contribution is -0.117. The van der Waals surface area contributed by atoms with Crippen molar-refractivity contribution in [1.82, 2.24) is 10.2 Å². The van der Waals surface area contributed by atoms with Crippen molar-refractivity contribution in [3.8, 4) is 0 Å². The quantitative estimate of drug-likeness (QED) is 0.432. The molecule has 0 saturated carbocycles. The van der Waals surface area contributed by atoms with Crippen LogP contribution in [0.3, 0.4) is 0 Å². The van der Waals surface area contributed by atoms with Crippen LogP contribution in [-0.4, -0.2) is 29.2 Å². The molecule has 0 bridgehead atoms. The lowest BCUT2D eigenvalue weighted by Gasteiger charge is -2.15. The Morgan fingerprint density at radius 2 is 2.50 bits per heavy atom. The van der Waals surface area contributed by atoms with Gasteiger partial charge >= 0.3 is 0 Å². The van der Waals surface area contributed by atoms with Crippen LogP contribution in [0.5, 0.6) is 0 Å². The summed E-state index contributed by atoms with van der Waals surface area (Å²) in [5.74, 6) is 0.128. The molecule has 1 aromatic heterocycles. The molecule has 1 aliphatic heterocycles. The molecule has 2 rings (SSSR count). The van der Waals surface area contributed by atoms with Crippen molar-refractivity contribution in [2.75, 3.05) is 18.0 Å². The van der Waals surface area contributed by atoms with Gasteiger partial charge in [-0.2, -0.15) is 10.2 Å². The monoisotopic (exact) mass is 218 g/mol. The minimum absolute atomic E-state index is 0.0335. The molecular weight excluding hydrogens is 208 g/mol. The molecule has 1 atom stereocenters. The zero-order valence-corrected chi connectivity index (χ0v) is 8.52. The minimum atomic E-state index is 0.0335. The molecule has 0 spiro atoms. The lowest BCUT2D eigenvalue weighted by atomic mass is 10.1. The summed E-state index contributed by atoms with van der Waals surface area (Å²) in [6.07, 6.45) is 3.51. The molecule has 16 heavy (non-hydrogen) atoms. The lowest BCUT2D eigenvalue weighted by Crippen LogP contribution is -2.24. The van der Waals surface area contributed by atoms with Gasteiger partial charge in [0.25, 0.3) is 0 Å². The molecule has 1 fully saturated rings. The van der Waals surface area contributed by atoms with Crippen molar-refractivity contribution >= 4 is 11.6 Å². The van der Waals surface area contributed by atoms with E-state index in [2.05, 4.69) is 20.2 Å². The Bertz CT molecular complexity index is 427.